The van der Waals surface area contributed by atoms with Crippen LogP contribution in [0.5, 0.6) is 5.75 Å². The second kappa shape index (κ2) is 8.09. The minimum atomic E-state index is -0.966. The highest BCUT2D eigenvalue weighted by atomic mass is 35.5. The van der Waals surface area contributed by atoms with E-state index in [0.29, 0.717) is 39.2 Å². The van der Waals surface area contributed by atoms with Crippen molar-refractivity contribution in [1.29, 1.82) is 0 Å². The molecule has 0 spiro atoms. The fourth-order valence-electron chi connectivity index (χ4n) is 3.73. The van der Waals surface area contributed by atoms with Crippen LogP contribution in [0.25, 0.3) is 10.9 Å². The molecule has 0 saturated carbocycles. The van der Waals surface area contributed by atoms with E-state index in [-0.39, 0.29) is 22.6 Å². The van der Waals surface area contributed by atoms with E-state index in [9.17, 15) is 19.8 Å². The first-order chi connectivity index (χ1) is 13.7. The van der Waals surface area contributed by atoms with Crippen molar-refractivity contribution < 1.29 is 19.8 Å². The smallest absolute Gasteiger partial charge is 0.311 e. The summed E-state index contributed by atoms with van der Waals surface area (Å²) in [6, 6.07) is 9.21. The van der Waals surface area contributed by atoms with Crippen molar-refractivity contribution in [1.82, 2.24) is 4.57 Å². The molecule has 3 rings (SSSR count). The molecule has 0 aliphatic heterocycles. The number of fused-ring (bicyclic) bond motifs is 1. The Kier molecular flexibility index (Phi) is 5.92. The van der Waals surface area contributed by atoms with Crippen LogP contribution in [0.2, 0.25) is 10.0 Å². The summed E-state index contributed by atoms with van der Waals surface area (Å²) >= 11 is 12.0. The maximum atomic E-state index is 13.3. The highest BCUT2D eigenvalue weighted by Crippen LogP contribution is 2.39. The van der Waals surface area contributed by atoms with Gasteiger partial charge in [-0.05, 0) is 54.8 Å². The molecule has 0 aliphatic rings. The van der Waals surface area contributed by atoms with E-state index in [1.807, 2.05) is 13.8 Å². The van der Waals surface area contributed by atoms with Gasteiger partial charge in [-0.25, -0.2) is 0 Å². The maximum Gasteiger partial charge on any atom is 0.311 e. The summed E-state index contributed by atoms with van der Waals surface area (Å²) in [5.74, 6) is -2.28. The molecule has 1 heterocycles. The van der Waals surface area contributed by atoms with E-state index >= 15 is 0 Å². The molecule has 1 aromatic heterocycles. The lowest BCUT2D eigenvalue weighted by Crippen LogP contribution is -2.21. The molecule has 0 amide bonds. The van der Waals surface area contributed by atoms with Crippen LogP contribution in [0.15, 0.2) is 36.4 Å². The highest BCUT2D eigenvalue weighted by molar-refractivity contribution is 6.42. The van der Waals surface area contributed by atoms with Gasteiger partial charge in [0, 0.05) is 16.6 Å². The van der Waals surface area contributed by atoms with Gasteiger partial charge in [0.1, 0.15) is 5.75 Å². The number of rotatable bonds is 5. The Balaban J connectivity index is 2.31. The zero-order valence-electron chi connectivity index (χ0n) is 16.2. The first kappa shape index (κ1) is 21.2. The number of carboxylic acids is 1. The quantitative estimate of drug-likeness (QED) is 0.527. The predicted octanol–water partition coefficient (Wildman–Crippen LogP) is 5.86. The minimum Gasteiger partial charge on any atom is -0.508 e. The second-order valence-corrected chi connectivity index (χ2v) is 7.99. The zero-order chi connectivity index (χ0) is 21.5. The van der Waals surface area contributed by atoms with Gasteiger partial charge in [0.25, 0.3) is 5.91 Å². The number of benzene rings is 2. The standard InChI is InChI=1S/C22H21Cl2NO4/c1-4-11(2)19(22(28)29)20-12(3)25(18-8-6-14(26)10-15(18)20)21(27)13-5-7-16(23)17(24)9-13/h5-11,19,26H,4H2,1-3H3,(H,28,29). The second-order valence-electron chi connectivity index (χ2n) is 7.17. The van der Waals surface area contributed by atoms with Crippen molar-refractivity contribution >= 4 is 46.0 Å². The molecule has 5 nitrogen and oxygen atoms in total. The highest BCUT2D eigenvalue weighted by Gasteiger charge is 2.32. The Morgan fingerprint density at radius 2 is 1.79 bits per heavy atom. The molecule has 2 atom stereocenters. The van der Waals surface area contributed by atoms with E-state index in [1.165, 1.54) is 22.8 Å². The predicted molar refractivity (Wildman–Crippen MR) is 114 cm³/mol. The van der Waals surface area contributed by atoms with Gasteiger partial charge in [-0.2, -0.15) is 0 Å². The van der Waals surface area contributed by atoms with Crippen LogP contribution in [0.4, 0.5) is 0 Å². The Morgan fingerprint density at radius 3 is 2.38 bits per heavy atom. The van der Waals surface area contributed by atoms with E-state index < -0.39 is 11.9 Å². The SMILES string of the molecule is CCC(C)C(C(=O)O)c1c(C)n(C(=O)c2ccc(Cl)c(Cl)c2)c2ccc(O)cc12. The van der Waals surface area contributed by atoms with Crippen LogP contribution in [0, 0.1) is 12.8 Å². The molecule has 0 bridgehead atoms. The third kappa shape index (κ3) is 3.72. The Bertz CT molecular complexity index is 1120. The summed E-state index contributed by atoms with van der Waals surface area (Å²) in [6.07, 6.45) is 0.655. The molecule has 29 heavy (non-hydrogen) atoms. The number of nitrogens with zero attached hydrogens (tertiary/aromatic N) is 1. The van der Waals surface area contributed by atoms with Gasteiger partial charge in [-0.3, -0.25) is 14.2 Å². The van der Waals surface area contributed by atoms with Crippen molar-refractivity contribution in [2.45, 2.75) is 33.1 Å². The van der Waals surface area contributed by atoms with Gasteiger partial charge in [0.15, 0.2) is 0 Å². The lowest BCUT2D eigenvalue weighted by Gasteiger charge is -2.20. The third-order valence-electron chi connectivity index (χ3n) is 5.40. The Morgan fingerprint density at radius 1 is 1.10 bits per heavy atom. The molecule has 2 unspecified atom stereocenters. The van der Waals surface area contributed by atoms with Gasteiger partial charge in [-0.15, -0.1) is 0 Å². The normalized spacial score (nSPS) is 13.4. The number of carbonyl (C=O) groups excluding carboxylic acids is 1. The first-order valence-corrected chi connectivity index (χ1v) is 9.99. The fraction of sp³-hybridized carbons (Fsp3) is 0.273. The van der Waals surface area contributed by atoms with Crippen molar-refractivity contribution in [3.8, 4) is 5.75 Å². The molecule has 0 fully saturated rings. The molecule has 7 heteroatoms. The van der Waals surface area contributed by atoms with Crippen molar-refractivity contribution in [3.63, 3.8) is 0 Å². The average Bonchev–Trinajstić information content (AvgIpc) is 2.94. The molecule has 2 N–H and O–H groups in total. The van der Waals surface area contributed by atoms with E-state index in [1.54, 1.807) is 25.1 Å². The van der Waals surface area contributed by atoms with Crippen LogP contribution in [-0.4, -0.2) is 26.7 Å². The van der Waals surface area contributed by atoms with Crippen LogP contribution in [-0.2, 0) is 4.79 Å². The molecule has 152 valence electrons. The molecule has 0 radical (unpaired) electrons. The molecular weight excluding hydrogens is 413 g/mol. The number of aliphatic carboxylic acids is 1. The summed E-state index contributed by atoms with van der Waals surface area (Å²) in [5.41, 5.74) is 1.91. The molecular formula is C22H21Cl2NO4. The fourth-order valence-corrected chi connectivity index (χ4v) is 4.03. The van der Waals surface area contributed by atoms with Crippen LogP contribution < -0.4 is 0 Å². The topological polar surface area (TPSA) is 79.5 Å². The van der Waals surface area contributed by atoms with Crippen molar-refractivity contribution in [3.05, 3.63) is 63.3 Å². The van der Waals surface area contributed by atoms with Crippen LogP contribution in [0.1, 0.15) is 47.8 Å². The number of phenolic OH excluding ortho intramolecular Hbond substituents is 1. The summed E-state index contributed by atoms with van der Waals surface area (Å²) in [6.45, 7) is 5.51. The monoisotopic (exact) mass is 433 g/mol. The number of hydrogen-bond acceptors (Lipinski definition) is 3. The van der Waals surface area contributed by atoms with Crippen molar-refractivity contribution in [2.24, 2.45) is 5.92 Å². The van der Waals surface area contributed by atoms with Gasteiger partial charge >= 0.3 is 5.97 Å². The summed E-state index contributed by atoms with van der Waals surface area (Å²) in [4.78, 5) is 25.4. The number of carboxylic acid groups (broad SMARTS) is 1. The molecule has 3 aromatic rings. The largest absolute Gasteiger partial charge is 0.508 e. The van der Waals surface area contributed by atoms with Gasteiger partial charge in [0.2, 0.25) is 0 Å². The van der Waals surface area contributed by atoms with Gasteiger partial charge in [0.05, 0.1) is 21.5 Å². The number of aromatic hydroxyl groups is 1. The molecule has 0 saturated heterocycles. The molecule has 0 aliphatic carbocycles. The van der Waals surface area contributed by atoms with E-state index in [2.05, 4.69) is 0 Å². The van der Waals surface area contributed by atoms with E-state index in [0.717, 1.165) is 0 Å². The van der Waals surface area contributed by atoms with Gasteiger partial charge in [-0.1, -0.05) is 43.5 Å². The summed E-state index contributed by atoms with van der Waals surface area (Å²) in [5, 5.41) is 21.1. The van der Waals surface area contributed by atoms with E-state index in [4.69, 9.17) is 23.2 Å². The zero-order valence-corrected chi connectivity index (χ0v) is 17.8. The molecule has 2 aromatic carbocycles. The minimum absolute atomic E-state index is 0.00572. The Labute approximate surface area is 178 Å². The average molecular weight is 434 g/mol. The number of aromatic nitrogens is 1. The van der Waals surface area contributed by atoms with Gasteiger partial charge < -0.3 is 10.2 Å². The first-order valence-electron chi connectivity index (χ1n) is 9.23. The summed E-state index contributed by atoms with van der Waals surface area (Å²) < 4.78 is 1.47. The van der Waals surface area contributed by atoms with Crippen LogP contribution >= 0.6 is 23.2 Å². The number of halogens is 2. The number of carbonyl (C=O) groups is 2. The summed E-state index contributed by atoms with van der Waals surface area (Å²) in [7, 11) is 0. The van der Waals surface area contributed by atoms with Crippen molar-refractivity contribution in [2.75, 3.05) is 0 Å². The lowest BCUT2D eigenvalue weighted by atomic mass is 9.84. The number of hydrogen-bond donors (Lipinski definition) is 2. The van der Waals surface area contributed by atoms with Crippen LogP contribution in [0.3, 0.4) is 0 Å². The maximum absolute atomic E-state index is 13.3. The Hall–Kier alpha value is -2.50. The lowest BCUT2D eigenvalue weighted by molar-refractivity contribution is -0.140. The number of phenols is 1. The third-order valence-corrected chi connectivity index (χ3v) is 6.14.